The molecule has 0 aliphatic heterocycles. The third-order valence-corrected chi connectivity index (χ3v) is 5.10. The van der Waals surface area contributed by atoms with Crippen LogP contribution in [-0.2, 0) is 19.1 Å². The number of esters is 2. The molecule has 0 saturated carbocycles. The van der Waals surface area contributed by atoms with Crippen LogP contribution in [0.3, 0.4) is 0 Å². The minimum atomic E-state index is -0.446. The van der Waals surface area contributed by atoms with Crippen molar-refractivity contribution in [2.45, 2.75) is 129 Å². The lowest BCUT2D eigenvalue weighted by molar-refractivity contribution is -0.158. The van der Waals surface area contributed by atoms with E-state index in [4.69, 9.17) is 9.47 Å². The molecule has 0 N–H and O–H groups in total. The molecule has 0 saturated heterocycles. The van der Waals surface area contributed by atoms with E-state index >= 15 is 0 Å². The number of carbonyl (C=O) groups excluding carboxylic acids is 2. The molecule has 0 fully saturated rings. The molecule has 0 radical (unpaired) electrons. The van der Waals surface area contributed by atoms with E-state index < -0.39 is 5.97 Å². The molecular formula is C24H46O4. The molecule has 166 valence electrons. The summed E-state index contributed by atoms with van der Waals surface area (Å²) in [6, 6.07) is 0. The van der Waals surface area contributed by atoms with Gasteiger partial charge in [0.1, 0.15) is 0 Å². The molecule has 0 amide bonds. The lowest BCUT2D eigenvalue weighted by atomic mass is 10.0. The minimum absolute atomic E-state index is 0.249. The Bertz CT molecular complexity index is 355. The standard InChI is InChI=1S/C24H46O4/c1-3-5-7-8-9-10-11-12-13-14-15-16-17-18-19-20-23(25)28-22-24(26)27-21-6-4-2/h3-22H2,1-2H3. The van der Waals surface area contributed by atoms with Crippen molar-refractivity contribution in [1.29, 1.82) is 0 Å². The molecule has 0 unspecified atom stereocenters. The zero-order valence-electron chi connectivity index (χ0n) is 18.8. The number of carbonyl (C=O) groups is 2. The van der Waals surface area contributed by atoms with E-state index in [9.17, 15) is 9.59 Å². The maximum atomic E-state index is 11.6. The van der Waals surface area contributed by atoms with Gasteiger partial charge in [0, 0.05) is 6.42 Å². The van der Waals surface area contributed by atoms with Crippen molar-refractivity contribution in [2.24, 2.45) is 0 Å². The van der Waals surface area contributed by atoms with Crippen molar-refractivity contribution >= 4 is 11.9 Å². The number of unbranched alkanes of at least 4 members (excludes halogenated alkanes) is 15. The number of ether oxygens (including phenoxy) is 2. The Labute approximate surface area is 174 Å². The lowest BCUT2D eigenvalue weighted by Crippen LogP contribution is -2.16. The second-order valence-corrected chi connectivity index (χ2v) is 7.93. The van der Waals surface area contributed by atoms with Crippen LogP contribution in [0.5, 0.6) is 0 Å². The van der Waals surface area contributed by atoms with Crippen LogP contribution in [-0.4, -0.2) is 25.2 Å². The third kappa shape index (κ3) is 21.2. The van der Waals surface area contributed by atoms with E-state index in [1.807, 2.05) is 6.92 Å². The Morgan fingerprint density at radius 3 is 1.39 bits per heavy atom. The van der Waals surface area contributed by atoms with Crippen molar-refractivity contribution in [3.05, 3.63) is 0 Å². The molecule has 0 bridgehead atoms. The Hall–Kier alpha value is -1.06. The molecule has 0 atom stereocenters. The molecule has 0 aromatic carbocycles. The third-order valence-electron chi connectivity index (χ3n) is 5.10. The van der Waals surface area contributed by atoms with Crippen molar-refractivity contribution in [1.82, 2.24) is 0 Å². The van der Waals surface area contributed by atoms with Crippen LogP contribution in [0, 0.1) is 0 Å². The van der Waals surface area contributed by atoms with Crippen LogP contribution in [0.4, 0.5) is 0 Å². The minimum Gasteiger partial charge on any atom is -0.463 e. The van der Waals surface area contributed by atoms with E-state index in [0.717, 1.165) is 25.7 Å². The average molecular weight is 399 g/mol. The van der Waals surface area contributed by atoms with Crippen LogP contribution < -0.4 is 0 Å². The molecule has 0 aliphatic rings. The highest BCUT2D eigenvalue weighted by atomic mass is 16.6. The normalized spacial score (nSPS) is 10.8. The summed E-state index contributed by atoms with van der Waals surface area (Å²) in [7, 11) is 0. The van der Waals surface area contributed by atoms with Gasteiger partial charge in [0.05, 0.1) is 6.61 Å². The fourth-order valence-electron chi connectivity index (χ4n) is 3.22. The monoisotopic (exact) mass is 398 g/mol. The highest BCUT2D eigenvalue weighted by Crippen LogP contribution is 2.13. The van der Waals surface area contributed by atoms with E-state index in [2.05, 4.69) is 6.92 Å². The topological polar surface area (TPSA) is 52.6 Å². The van der Waals surface area contributed by atoms with Crippen LogP contribution >= 0.6 is 0 Å². The summed E-state index contributed by atoms with van der Waals surface area (Å²) in [6.45, 7) is 4.46. The van der Waals surface area contributed by atoms with Gasteiger partial charge in [0.15, 0.2) is 6.61 Å². The molecule has 0 aromatic rings. The molecule has 0 aliphatic carbocycles. The van der Waals surface area contributed by atoms with Crippen LogP contribution in [0.15, 0.2) is 0 Å². The number of hydrogen-bond donors (Lipinski definition) is 0. The molecule has 0 spiro atoms. The van der Waals surface area contributed by atoms with Crippen molar-refractivity contribution in [3.63, 3.8) is 0 Å². The Balaban J connectivity index is 3.22. The molecule has 28 heavy (non-hydrogen) atoms. The van der Waals surface area contributed by atoms with E-state index in [0.29, 0.717) is 13.0 Å². The van der Waals surface area contributed by atoms with Gasteiger partial charge in [-0.15, -0.1) is 0 Å². The SMILES string of the molecule is CCCCCCCCCCCCCCCCCC(=O)OCC(=O)OCCCC. The summed E-state index contributed by atoms with van der Waals surface area (Å²) in [6.07, 6.45) is 21.8. The van der Waals surface area contributed by atoms with Crippen LogP contribution in [0.2, 0.25) is 0 Å². The number of rotatable bonds is 21. The smallest absolute Gasteiger partial charge is 0.344 e. The molecule has 0 rings (SSSR count). The van der Waals surface area contributed by atoms with Gasteiger partial charge in [-0.1, -0.05) is 110 Å². The second-order valence-electron chi connectivity index (χ2n) is 7.93. The van der Waals surface area contributed by atoms with Gasteiger partial charge in [-0.3, -0.25) is 4.79 Å². The molecule has 4 nitrogen and oxygen atoms in total. The van der Waals surface area contributed by atoms with Gasteiger partial charge in [-0.25, -0.2) is 4.79 Å². The quantitative estimate of drug-likeness (QED) is 0.152. The Kier molecular flexibility index (Phi) is 21.4. The van der Waals surface area contributed by atoms with Gasteiger partial charge < -0.3 is 9.47 Å². The zero-order valence-corrected chi connectivity index (χ0v) is 18.8. The highest BCUT2D eigenvalue weighted by molar-refractivity contribution is 5.76. The van der Waals surface area contributed by atoms with Crippen LogP contribution in [0.25, 0.3) is 0 Å². The first-order valence-electron chi connectivity index (χ1n) is 12.0. The van der Waals surface area contributed by atoms with Crippen molar-refractivity contribution < 1.29 is 19.1 Å². The van der Waals surface area contributed by atoms with E-state index in [-0.39, 0.29) is 12.6 Å². The molecular weight excluding hydrogens is 352 g/mol. The second kappa shape index (κ2) is 22.2. The van der Waals surface area contributed by atoms with Gasteiger partial charge in [-0.2, -0.15) is 0 Å². The molecule has 0 heterocycles. The predicted octanol–water partition coefficient (Wildman–Crippen LogP) is 7.13. The summed E-state index contributed by atoms with van der Waals surface area (Å²) in [5, 5.41) is 0. The summed E-state index contributed by atoms with van der Waals surface area (Å²) in [5.41, 5.74) is 0. The summed E-state index contributed by atoms with van der Waals surface area (Å²) >= 11 is 0. The van der Waals surface area contributed by atoms with Gasteiger partial charge in [0.2, 0.25) is 0 Å². The first-order valence-corrected chi connectivity index (χ1v) is 12.0. The Morgan fingerprint density at radius 1 is 0.500 bits per heavy atom. The number of hydrogen-bond acceptors (Lipinski definition) is 4. The fourth-order valence-corrected chi connectivity index (χ4v) is 3.22. The highest BCUT2D eigenvalue weighted by Gasteiger charge is 2.08. The molecule has 4 heteroatoms. The maximum Gasteiger partial charge on any atom is 0.344 e. The van der Waals surface area contributed by atoms with Gasteiger partial charge >= 0.3 is 11.9 Å². The summed E-state index contributed by atoms with van der Waals surface area (Å²) in [4.78, 5) is 22.9. The predicted molar refractivity (Wildman–Crippen MR) is 116 cm³/mol. The Morgan fingerprint density at radius 2 is 0.929 bits per heavy atom. The summed E-state index contributed by atoms with van der Waals surface area (Å²) in [5.74, 6) is -0.736. The van der Waals surface area contributed by atoms with Gasteiger partial charge in [-0.05, 0) is 12.8 Å². The molecule has 0 aromatic heterocycles. The van der Waals surface area contributed by atoms with Gasteiger partial charge in [0.25, 0.3) is 0 Å². The first kappa shape index (κ1) is 26.9. The van der Waals surface area contributed by atoms with E-state index in [1.54, 1.807) is 0 Å². The lowest BCUT2D eigenvalue weighted by Gasteiger charge is -2.06. The van der Waals surface area contributed by atoms with E-state index in [1.165, 1.54) is 83.5 Å². The fraction of sp³-hybridized carbons (Fsp3) is 0.917. The average Bonchev–Trinajstić information content (AvgIpc) is 2.69. The zero-order chi connectivity index (χ0) is 20.7. The maximum absolute atomic E-state index is 11.6. The van der Waals surface area contributed by atoms with Crippen LogP contribution in [0.1, 0.15) is 129 Å². The van der Waals surface area contributed by atoms with Crippen molar-refractivity contribution in [3.8, 4) is 0 Å². The summed E-state index contributed by atoms with van der Waals surface area (Å²) < 4.78 is 9.89. The van der Waals surface area contributed by atoms with Crippen molar-refractivity contribution in [2.75, 3.05) is 13.2 Å². The first-order chi connectivity index (χ1) is 13.7. The largest absolute Gasteiger partial charge is 0.463 e.